The van der Waals surface area contributed by atoms with Crippen molar-refractivity contribution < 1.29 is 4.74 Å². The molecular formula is C11H18N4O. The first-order valence-corrected chi connectivity index (χ1v) is 5.60. The van der Waals surface area contributed by atoms with E-state index in [1.807, 2.05) is 13.0 Å². The molecule has 1 saturated heterocycles. The zero-order chi connectivity index (χ0) is 11.4. The lowest BCUT2D eigenvalue weighted by Crippen LogP contribution is -2.49. The summed E-state index contributed by atoms with van der Waals surface area (Å²) < 4.78 is 5.36. The fourth-order valence-electron chi connectivity index (χ4n) is 1.94. The van der Waals surface area contributed by atoms with Crippen molar-refractivity contribution in [3.05, 3.63) is 18.1 Å². The molecule has 2 rings (SSSR count). The summed E-state index contributed by atoms with van der Waals surface area (Å²) >= 11 is 0. The molecule has 0 radical (unpaired) electrons. The van der Waals surface area contributed by atoms with Gasteiger partial charge in [-0.15, -0.1) is 0 Å². The van der Waals surface area contributed by atoms with Crippen molar-refractivity contribution >= 4 is 5.82 Å². The molecule has 1 aromatic heterocycles. The van der Waals surface area contributed by atoms with E-state index in [2.05, 4.69) is 15.3 Å². The summed E-state index contributed by atoms with van der Waals surface area (Å²) in [6, 6.07) is 1.87. The lowest BCUT2D eigenvalue weighted by Gasteiger charge is -2.37. The Balaban J connectivity index is 2.11. The molecule has 0 atom stereocenters. The molecule has 0 unspecified atom stereocenters. The topological polar surface area (TPSA) is 73.1 Å². The van der Waals surface area contributed by atoms with Crippen LogP contribution < -0.4 is 11.1 Å². The van der Waals surface area contributed by atoms with Gasteiger partial charge in [0.25, 0.3) is 0 Å². The Kier molecular flexibility index (Phi) is 3.36. The lowest BCUT2D eigenvalue weighted by molar-refractivity contribution is 0.0627. The van der Waals surface area contributed by atoms with Crippen LogP contribution in [0.3, 0.4) is 0 Å². The van der Waals surface area contributed by atoms with Gasteiger partial charge >= 0.3 is 0 Å². The predicted molar refractivity (Wildman–Crippen MR) is 62.2 cm³/mol. The lowest BCUT2D eigenvalue weighted by atomic mass is 9.90. The van der Waals surface area contributed by atoms with E-state index in [0.717, 1.165) is 37.7 Å². The maximum absolute atomic E-state index is 5.86. The maximum Gasteiger partial charge on any atom is 0.130 e. The van der Waals surface area contributed by atoms with E-state index >= 15 is 0 Å². The van der Waals surface area contributed by atoms with Gasteiger partial charge in [-0.05, 0) is 25.8 Å². The number of nitrogens with one attached hydrogen (secondary N) is 1. The van der Waals surface area contributed by atoms with Gasteiger partial charge in [0.1, 0.15) is 11.6 Å². The molecule has 0 spiro atoms. The number of hydrogen-bond acceptors (Lipinski definition) is 5. The van der Waals surface area contributed by atoms with Gasteiger partial charge in [-0.1, -0.05) is 0 Å². The van der Waals surface area contributed by atoms with E-state index in [4.69, 9.17) is 10.5 Å². The number of aromatic nitrogens is 2. The van der Waals surface area contributed by atoms with Gasteiger partial charge in [-0.25, -0.2) is 9.97 Å². The summed E-state index contributed by atoms with van der Waals surface area (Å²) in [7, 11) is 0. The number of nitrogens with zero attached hydrogens (tertiary/aromatic N) is 2. The van der Waals surface area contributed by atoms with Crippen LogP contribution in [0.25, 0.3) is 0 Å². The maximum atomic E-state index is 5.86. The Labute approximate surface area is 95.4 Å². The fraction of sp³-hybridized carbons (Fsp3) is 0.636. The van der Waals surface area contributed by atoms with Gasteiger partial charge in [0.15, 0.2) is 0 Å². The summed E-state index contributed by atoms with van der Waals surface area (Å²) in [5, 5.41) is 3.43. The molecule has 0 aliphatic carbocycles. The zero-order valence-corrected chi connectivity index (χ0v) is 9.57. The molecule has 0 aromatic carbocycles. The monoisotopic (exact) mass is 222 g/mol. The van der Waals surface area contributed by atoms with Gasteiger partial charge in [0.05, 0.1) is 5.54 Å². The molecular weight excluding hydrogens is 204 g/mol. The minimum absolute atomic E-state index is 0.0704. The van der Waals surface area contributed by atoms with Crippen LogP contribution in [0.2, 0.25) is 0 Å². The molecule has 5 heteroatoms. The van der Waals surface area contributed by atoms with Crippen molar-refractivity contribution in [3.8, 4) is 0 Å². The average Bonchev–Trinajstić information content (AvgIpc) is 2.30. The van der Waals surface area contributed by atoms with Crippen LogP contribution in [0, 0.1) is 6.92 Å². The third kappa shape index (κ3) is 2.48. The minimum Gasteiger partial charge on any atom is -0.381 e. The van der Waals surface area contributed by atoms with Gasteiger partial charge in [-0.2, -0.15) is 0 Å². The molecule has 0 amide bonds. The molecule has 5 nitrogen and oxygen atoms in total. The highest BCUT2D eigenvalue weighted by molar-refractivity contribution is 5.37. The summed E-state index contributed by atoms with van der Waals surface area (Å²) in [5.41, 5.74) is 5.79. The summed E-state index contributed by atoms with van der Waals surface area (Å²) in [6.45, 7) is 3.99. The van der Waals surface area contributed by atoms with Crippen molar-refractivity contribution in [2.45, 2.75) is 25.3 Å². The molecule has 88 valence electrons. The van der Waals surface area contributed by atoms with Crippen LogP contribution in [0.1, 0.15) is 18.7 Å². The predicted octanol–water partition coefficient (Wildman–Crippen LogP) is 0.705. The van der Waals surface area contributed by atoms with Gasteiger partial charge in [0, 0.05) is 26.0 Å². The average molecular weight is 222 g/mol. The molecule has 0 saturated carbocycles. The number of rotatable bonds is 3. The molecule has 1 aromatic rings. The van der Waals surface area contributed by atoms with Crippen molar-refractivity contribution in [1.82, 2.24) is 9.97 Å². The Morgan fingerprint density at radius 2 is 2.25 bits per heavy atom. The molecule has 1 aliphatic rings. The second-order valence-electron chi connectivity index (χ2n) is 4.21. The molecule has 2 heterocycles. The van der Waals surface area contributed by atoms with Crippen molar-refractivity contribution in [2.75, 3.05) is 25.1 Å². The van der Waals surface area contributed by atoms with E-state index in [-0.39, 0.29) is 5.54 Å². The quantitative estimate of drug-likeness (QED) is 0.787. The number of anilines is 1. The Hall–Kier alpha value is -1.20. The molecule has 0 bridgehead atoms. The van der Waals surface area contributed by atoms with E-state index < -0.39 is 0 Å². The van der Waals surface area contributed by atoms with Crippen molar-refractivity contribution in [2.24, 2.45) is 5.73 Å². The molecule has 16 heavy (non-hydrogen) atoms. The van der Waals surface area contributed by atoms with E-state index in [0.29, 0.717) is 6.54 Å². The SMILES string of the molecule is Cc1nccc(NC2(CN)CCOCC2)n1. The van der Waals surface area contributed by atoms with E-state index in [1.54, 1.807) is 6.20 Å². The fourth-order valence-corrected chi connectivity index (χ4v) is 1.94. The van der Waals surface area contributed by atoms with E-state index in [9.17, 15) is 0 Å². The van der Waals surface area contributed by atoms with Crippen molar-refractivity contribution in [1.29, 1.82) is 0 Å². The third-order valence-electron chi connectivity index (χ3n) is 3.01. The van der Waals surface area contributed by atoms with Crippen LogP contribution >= 0.6 is 0 Å². The van der Waals surface area contributed by atoms with Crippen LogP contribution in [-0.2, 0) is 4.74 Å². The molecule has 1 aliphatic heterocycles. The highest BCUT2D eigenvalue weighted by atomic mass is 16.5. The third-order valence-corrected chi connectivity index (χ3v) is 3.01. The van der Waals surface area contributed by atoms with Crippen LogP contribution in [0.15, 0.2) is 12.3 Å². The summed E-state index contributed by atoms with van der Waals surface area (Å²) in [4.78, 5) is 8.42. The second kappa shape index (κ2) is 4.76. The highest BCUT2D eigenvalue weighted by Crippen LogP contribution is 2.23. The Morgan fingerprint density at radius 3 is 2.88 bits per heavy atom. The van der Waals surface area contributed by atoms with Crippen LogP contribution in [0.4, 0.5) is 5.82 Å². The molecule has 3 N–H and O–H groups in total. The first-order valence-electron chi connectivity index (χ1n) is 5.60. The Bertz CT molecular complexity index is 350. The number of aryl methyl sites for hydroxylation is 1. The smallest absolute Gasteiger partial charge is 0.130 e. The normalized spacial score (nSPS) is 19.4. The van der Waals surface area contributed by atoms with Crippen LogP contribution in [0.5, 0.6) is 0 Å². The summed E-state index contributed by atoms with van der Waals surface area (Å²) in [6.07, 6.45) is 3.60. The standard InChI is InChI=1S/C11H18N4O/c1-9-13-5-2-10(14-9)15-11(8-12)3-6-16-7-4-11/h2,5H,3-4,6-8,12H2,1H3,(H,13,14,15). The minimum atomic E-state index is -0.0704. The number of ether oxygens (including phenoxy) is 1. The van der Waals surface area contributed by atoms with Gasteiger partial charge in [0.2, 0.25) is 0 Å². The number of hydrogen-bond donors (Lipinski definition) is 2. The second-order valence-corrected chi connectivity index (χ2v) is 4.21. The van der Waals surface area contributed by atoms with Gasteiger partial charge in [-0.3, -0.25) is 0 Å². The van der Waals surface area contributed by atoms with Crippen molar-refractivity contribution in [3.63, 3.8) is 0 Å². The largest absolute Gasteiger partial charge is 0.381 e. The highest BCUT2D eigenvalue weighted by Gasteiger charge is 2.31. The Morgan fingerprint density at radius 1 is 1.50 bits per heavy atom. The first-order chi connectivity index (χ1) is 7.74. The number of nitrogens with two attached hydrogens (primary N) is 1. The van der Waals surface area contributed by atoms with E-state index in [1.165, 1.54) is 0 Å². The molecule has 1 fully saturated rings. The van der Waals surface area contributed by atoms with Crippen LogP contribution in [-0.4, -0.2) is 35.3 Å². The summed E-state index contributed by atoms with van der Waals surface area (Å²) in [5.74, 6) is 1.61. The zero-order valence-electron chi connectivity index (χ0n) is 9.57. The first kappa shape index (κ1) is 11.3. The van der Waals surface area contributed by atoms with Gasteiger partial charge < -0.3 is 15.8 Å².